The topological polar surface area (TPSA) is 114 Å². The second kappa shape index (κ2) is 10.3. The SMILES string of the molecule is CCOc1cc(/C=C2/SC(NC(C)=O)=NC2=O)cc(Cl)c1OCc1ccc(C(=O)O)cc1. The Morgan fingerprint density at radius 3 is 2.56 bits per heavy atom. The second-order valence-electron chi connectivity index (χ2n) is 6.57. The Balaban J connectivity index is 1.80. The Morgan fingerprint density at radius 1 is 1.22 bits per heavy atom. The number of rotatable bonds is 7. The number of hydrogen-bond donors (Lipinski definition) is 2. The number of thioether (sulfide) groups is 1. The van der Waals surface area contributed by atoms with Crippen molar-refractivity contribution in [3.63, 3.8) is 0 Å². The lowest BCUT2D eigenvalue weighted by Gasteiger charge is -2.15. The van der Waals surface area contributed by atoms with E-state index in [0.29, 0.717) is 28.6 Å². The first-order valence-electron chi connectivity index (χ1n) is 9.48. The number of carboxylic acid groups (broad SMARTS) is 1. The Kier molecular flexibility index (Phi) is 7.55. The summed E-state index contributed by atoms with van der Waals surface area (Å²) in [7, 11) is 0. The third kappa shape index (κ3) is 5.89. The fourth-order valence-corrected chi connectivity index (χ4v) is 3.87. The second-order valence-corrected chi connectivity index (χ2v) is 8.01. The molecule has 3 rings (SSSR count). The highest BCUT2D eigenvalue weighted by molar-refractivity contribution is 8.18. The van der Waals surface area contributed by atoms with Crippen molar-refractivity contribution >= 4 is 52.4 Å². The maximum atomic E-state index is 12.1. The molecule has 2 amide bonds. The van der Waals surface area contributed by atoms with Crippen molar-refractivity contribution in [2.75, 3.05) is 6.61 Å². The molecule has 1 aliphatic rings. The summed E-state index contributed by atoms with van der Waals surface area (Å²) in [6.07, 6.45) is 1.61. The normalized spacial score (nSPS) is 14.3. The maximum absolute atomic E-state index is 12.1. The number of carbonyl (C=O) groups is 3. The first-order valence-corrected chi connectivity index (χ1v) is 10.7. The van der Waals surface area contributed by atoms with Gasteiger partial charge in [-0.2, -0.15) is 4.99 Å². The number of nitrogens with one attached hydrogen (secondary N) is 1. The summed E-state index contributed by atoms with van der Waals surface area (Å²) in [6.45, 7) is 3.67. The van der Waals surface area contributed by atoms with Crippen LogP contribution in [0, 0.1) is 0 Å². The molecule has 0 bridgehead atoms. The molecule has 1 aliphatic heterocycles. The molecule has 0 aliphatic carbocycles. The van der Waals surface area contributed by atoms with E-state index in [4.69, 9.17) is 26.2 Å². The molecule has 0 unspecified atom stereocenters. The molecule has 166 valence electrons. The number of carboxylic acids is 1. The number of ether oxygens (including phenoxy) is 2. The third-order valence-electron chi connectivity index (χ3n) is 4.12. The van der Waals surface area contributed by atoms with E-state index in [2.05, 4.69) is 10.3 Å². The minimum atomic E-state index is -1.00. The molecule has 8 nitrogen and oxygen atoms in total. The predicted octanol–water partition coefficient (Wildman–Crippen LogP) is 4.12. The molecule has 10 heteroatoms. The van der Waals surface area contributed by atoms with Gasteiger partial charge in [-0.25, -0.2) is 4.79 Å². The zero-order chi connectivity index (χ0) is 23.3. The monoisotopic (exact) mass is 474 g/mol. The lowest BCUT2D eigenvalue weighted by molar-refractivity contribution is -0.117. The molecule has 0 fully saturated rings. The molecule has 32 heavy (non-hydrogen) atoms. The molecule has 0 saturated carbocycles. The Bertz CT molecular complexity index is 1130. The number of amidine groups is 1. The molecule has 0 aromatic heterocycles. The number of aliphatic imine (C=N–C) groups is 1. The largest absolute Gasteiger partial charge is 0.490 e. The maximum Gasteiger partial charge on any atom is 0.335 e. The van der Waals surface area contributed by atoms with Gasteiger partial charge in [0.1, 0.15) is 6.61 Å². The van der Waals surface area contributed by atoms with Crippen molar-refractivity contribution in [1.29, 1.82) is 0 Å². The van der Waals surface area contributed by atoms with E-state index in [-0.39, 0.29) is 28.3 Å². The van der Waals surface area contributed by atoms with E-state index < -0.39 is 11.9 Å². The van der Waals surface area contributed by atoms with Gasteiger partial charge in [0, 0.05) is 6.92 Å². The van der Waals surface area contributed by atoms with Crippen LogP contribution in [0.2, 0.25) is 5.02 Å². The summed E-state index contributed by atoms with van der Waals surface area (Å²) in [6, 6.07) is 9.63. The first-order chi connectivity index (χ1) is 15.3. The molecule has 0 spiro atoms. The minimum absolute atomic E-state index is 0.155. The van der Waals surface area contributed by atoms with Crippen LogP contribution in [0.5, 0.6) is 11.5 Å². The number of hydrogen-bond acceptors (Lipinski definition) is 6. The molecular formula is C22H19ClN2O6S. The number of amides is 2. The van der Waals surface area contributed by atoms with Gasteiger partial charge in [0.25, 0.3) is 5.91 Å². The van der Waals surface area contributed by atoms with Gasteiger partial charge in [0.2, 0.25) is 5.91 Å². The quantitative estimate of drug-likeness (QED) is 0.580. The molecule has 0 radical (unpaired) electrons. The molecule has 0 atom stereocenters. The van der Waals surface area contributed by atoms with E-state index in [1.807, 2.05) is 6.92 Å². The van der Waals surface area contributed by atoms with Crippen LogP contribution in [0.4, 0.5) is 0 Å². The molecule has 1 heterocycles. The van der Waals surface area contributed by atoms with Gasteiger partial charge in [0.15, 0.2) is 16.7 Å². The van der Waals surface area contributed by atoms with Gasteiger partial charge in [-0.15, -0.1) is 0 Å². The van der Waals surface area contributed by atoms with Crippen molar-refractivity contribution < 1.29 is 29.0 Å². The number of carbonyl (C=O) groups excluding carboxylic acids is 2. The summed E-state index contributed by atoms with van der Waals surface area (Å²) < 4.78 is 11.5. The van der Waals surface area contributed by atoms with Crippen molar-refractivity contribution in [1.82, 2.24) is 5.32 Å². The average Bonchev–Trinajstić information content (AvgIpc) is 3.05. The van der Waals surface area contributed by atoms with Crippen LogP contribution in [-0.2, 0) is 16.2 Å². The van der Waals surface area contributed by atoms with Gasteiger partial charge in [-0.3, -0.25) is 9.59 Å². The van der Waals surface area contributed by atoms with Gasteiger partial charge >= 0.3 is 5.97 Å². The van der Waals surface area contributed by atoms with Crippen LogP contribution < -0.4 is 14.8 Å². The Labute approximate surface area is 193 Å². The van der Waals surface area contributed by atoms with Crippen molar-refractivity contribution in [3.05, 3.63) is 63.0 Å². The van der Waals surface area contributed by atoms with Crippen LogP contribution in [0.3, 0.4) is 0 Å². The fraction of sp³-hybridized carbons (Fsp3) is 0.182. The van der Waals surface area contributed by atoms with Crippen LogP contribution in [0.1, 0.15) is 35.3 Å². The summed E-state index contributed by atoms with van der Waals surface area (Å²) in [4.78, 5) is 38.4. The minimum Gasteiger partial charge on any atom is -0.490 e. The molecular weight excluding hydrogens is 456 g/mol. The van der Waals surface area contributed by atoms with E-state index in [1.165, 1.54) is 19.1 Å². The number of benzene rings is 2. The summed E-state index contributed by atoms with van der Waals surface area (Å²) in [5, 5.41) is 12.0. The van der Waals surface area contributed by atoms with Gasteiger partial charge in [-0.1, -0.05) is 23.7 Å². The first kappa shape index (κ1) is 23.4. The van der Waals surface area contributed by atoms with Crippen LogP contribution in [0.25, 0.3) is 6.08 Å². The zero-order valence-electron chi connectivity index (χ0n) is 17.2. The highest BCUT2D eigenvalue weighted by atomic mass is 35.5. The van der Waals surface area contributed by atoms with E-state index in [0.717, 1.165) is 17.3 Å². The summed E-state index contributed by atoms with van der Waals surface area (Å²) in [5.41, 5.74) is 1.55. The standard InChI is InChI=1S/C22H19ClN2O6S/c1-3-30-17-9-14(10-18-20(27)25-22(32-18)24-12(2)26)8-16(23)19(17)31-11-13-4-6-15(7-5-13)21(28)29/h4-10H,3,11H2,1-2H3,(H,28,29)(H,24,25,26,27)/b18-10+. The zero-order valence-corrected chi connectivity index (χ0v) is 18.7. The number of aromatic carboxylic acids is 1. The van der Waals surface area contributed by atoms with E-state index in [1.54, 1.807) is 30.3 Å². The molecule has 2 N–H and O–H groups in total. The Morgan fingerprint density at radius 2 is 1.94 bits per heavy atom. The molecule has 2 aromatic rings. The Hall–Kier alpha value is -3.30. The van der Waals surface area contributed by atoms with Crippen LogP contribution in [-0.4, -0.2) is 34.7 Å². The predicted molar refractivity (Wildman–Crippen MR) is 122 cm³/mol. The van der Waals surface area contributed by atoms with Gasteiger partial charge in [0.05, 0.1) is 22.1 Å². The lowest BCUT2D eigenvalue weighted by Crippen LogP contribution is -2.23. The molecule has 0 saturated heterocycles. The summed E-state index contributed by atoms with van der Waals surface area (Å²) in [5.74, 6) is -1.05. The average molecular weight is 475 g/mol. The third-order valence-corrected chi connectivity index (χ3v) is 5.30. The highest BCUT2D eigenvalue weighted by Crippen LogP contribution is 2.39. The summed E-state index contributed by atoms with van der Waals surface area (Å²) >= 11 is 7.49. The number of nitrogens with zero attached hydrogens (tertiary/aromatic N) is 1. The van der Waals surface area contributed by atoms with E-state index >= 15 is 0 Å². The highest BCUT2D eigenvalue weighted by Gasteiger charge is 2.23. The van der Waals surface area contributed by atoms with Gasteiger partial charge < -0.3 is 19.9 Å². The van der Waals surface area contributed by atoms with E-state index in [9.17, 15) is 14.4 Å². The molecule has 2 aromatic carbocycles. The van der Waals surface area contributed by atoms with Crippen molar-refractivity contribution in [2.24, 2.45) is 4.99 Å². The van der Waals surface area contributed by atoms with Crippen LogP contribution >= 0.6 is 23.4 Å². The smallest absolute Gasteiger partial charge is 0.335 e. The van der Waals surface area contributed by atoms with Crippen molar-refractivity contribution in [3.8, 4) is 11.5 Å². The van der Waals surface area contributed by atoms with Gasteiger partial charge in [-0.05, 0) is 60.2 Å². The lowest BCUT2D eigenvalue weighted by atomic mass is 10.1. The van der Waals surface area contributed by atoms with Crippen molar-refractivity contribution in [2.45, 2.75) is 20.5 Å². The fourth-order valence-electron chi connectivity index (χ4n) is 2.74. The number of halogens is 1. The van der Waals surface area contributed by atoms with Crippen LogP contribution in [0.15, 0.2) is 46.3 Å².